The van der Waals surface area contributed by atoms with E-state index in [9.17, 15) is 13.6 Å². The minimum Gasteiger partial charge on any atom is -0.355 e. The second-order valence-corrected chi connectivity index (χ2v) is 5.43. The summed E-state index contributed by atoms with van der Waals surface area (Å²) in [5.74, 6) is -1.20. The van der Waals surface area contributed by atoms with Crippen LogP contribution in [0.15, 0.2) is 12.1 Å². The first-order chi connectivity index (χ1) is 11.1. The van der Waals surface area contributed by atoms with E-state index >= 15 is 0 Å². The average Bonchev–Trinajstić information content (AvgIpc) is 2.86. The Labute approximate surface area is 133 Å². The molecule has 1 aromatic carbocycles. The Morgan fingerprint density at radius 1 is 1.35 bits per heavy atom. The molecule has 0 saturated heterocycles. The van der Waals surface area contributed by atoms with Crippen LogP contribution in [0.2, 0.25) is 0 Å². The number of amides is 1. The zero-order valence-corrected chi connectivity index (χ0v) is 13.2. The number of nitrogens with one attached hydrogen (secondary N) is 1. The molecule has 126 valence electrons. The van der Waals surface area contributed by atoms with Crippen LogP contribution < -0.4 is 11.1 Å². The smallest absolute Gasteiger partial charge is 0.221 e. The average molecular weight is 324 g/mol. The van der Waals surface area contributed by atoms with E-state index in [1.807, 2.05) is 0 Å². The van der Waals surface area contributed by atoms with Crippen molar-refractivity contribution in [2.45, 2.75) is 39.2 Å². The fourth-order valence-corrected chi connectivity index (χ4v) is 2.46. The second-order valence-electron chi connectivity index (χ2n) is 5.43. The summed E-state index contributed by atoms with van der Waals surface area (Å²) in [7, 11) is 0. The van der Waals surface area contributed by atoms with Crippen LogP contribution in [0.3, 0.4) is 0 Å². The highest BCUT2D eigenvalue weighted by molar-refractivity contribution is 5.78. The summed E-state index contributed by atoms with van der Waals surface area (Å²) in [4.78, 5) is 16.1. The second kappa shape index (κ2) is 8.01. The molecule has 0 aliphatic carbocycles. The number of nitrogens with zero attached hydrogens (tertiary/aromatic N) is 2. The predicted octanol–water partition coefficient (Wildman–Crippen LogP) is 2.12. The van der Waals surface area contributed by atoms with Crippen LogP contribution in [-0.2, 0) is 17.8 Å². The van der Waals surface area contributed by atoms with Gasteiger partial charge in [-0.15, -0.1) is 0 Å². The summed E-state index contributed by atoms with van der Waals surface area (Å²) in [6, 6.07) is 2.25. The highest BCUT2D eigenvalue weighted by atomic mass is 19.2. The van der Waals surface area contributed by atoms with Gasteiger partial charge in [0.25, 0.3) is 0 Å². The first kappa shape index (κ1) is 17.3. The molecule has 5 nitrogen and oxygen atoms in total. The summed E-state index contributed by atoms with van der Waals surface area (Å²) >= 11 is 0. The van der Waals surface area contributed by atoms with Crippen LogP contribution in [0.1, 0.15) is 32.0 Å². The van der Waals surface area contributed by atoms with Gasteiger partial charge in [-0.2, -0.15) is 0 Å². The van der Waals surface area contributed by atoms with E-state index in [0.29, 0.717) is 37.1 Å². The molecular formula is C16H22F2N4O. The topological polar surface area (TPSA) is 72.9 Å². The minimum atomic E-state index is -0.912. The van der Waals surface area contributed by atoms with E-state index in [0.717, 1.165) is 30.8 Å². The molecule has 1 amide bonds. The van der Waals surface area contributed by atoms with Gasteiger partial charge in [0, 0.05) is 44.6 Å². The summed E-state index contributed by atoms with van der Waals surface area (Å²) in [5.41, 5.74) is 6.27. The van der Waals surface area contributed by atoms with E-state index in [4.69, 9.17) is 5.73 Å². The van der Waals surface area contributed by atoms with Gasteiger partial charge in [-0.1, -0.05) is 13.3 Å². The van der Waals surface area contributed by atoms with Crippen LogP contribution in [0.4, 0.5) is 8.78 Å². The third-order valence-electron chi connectivity index (χ3n) is 3.65. The van der Waals surface area contributed by atoms with E-state index < -0.39 is 11.6 Å². The molecule has 0 fully saturated rings. The van der Waals surface area contributed by atoms with Gasteiger partial charge in [0.1, 0.15) is 5.82 Å². The van der Waals surface area contributed by atoms with Gasteiger partial charge in [-0.25, -0.2) is 13.8 Å². The van der Waals surface area contributed by atoms with Crippen LogP contribution in [-0.4, -0.2) is 28.5 Å². The molecule has 0 radical (unpaired) electrons. The Kier molecular flexibility index (Phi) is 6.04. The Morgan fingerprint density at radius 2 is 2.09 bits per heavy atom. The summed E-state index contributed by atoms with van der Waals surface area (Å²) < 4.78 is 28.7. The van der Waals surface area contributed by atoms with Gasteiger partial charge >= 0.3 is 0 Å². The SMILES string of the molecule is CCCCc1nc2cc(F)c(F)cc2n1CCC(=O)NCCN. The minimum absolute atomic E-state index is 0.124. The van der Waals surface area contributed by atoms with Gasteiger partial charge < -0.3 is 15.6 Å². The van der Waals surface area contributed by atoms with E-state index in [1.165, 1.54) is 0 Å². The number of aryl methyl sites for hydroxylation is 2. The maximum atomic E-state index is 13.5. The molecule has 2 rings (SSSR count). The number of nitrogens with two attached hydrogens (primary N) is 1. The first-order valence-corrected chi connectivity index (χ1v) is 7.87. The molecule has 7 heteroatoms. The quantitative estimate of drug-likeness (QED) is 0.781. The van der Waals surface area contributed by atoms with Gasteiger partial charge in [0.15, 0.2) is 11.6 Å². The van der Waals surface area contributed by atoms with E-state index in [2.05, 4.69) is 17.2 Å². The fourth-order valence-electron chi connectivity index (χ4n) is 2.46. The maximum absolute atomic E-state index is 13.5. The number of hydrogen-bond acceptors (Lipinski definition) is 3. The van der Waals surface area contributed by atoms with Crippen molar-refractivity contribution >= 4 is 16.9 Å². The van der Waals surface area contributed by atoms with Crippen LogP contribution in [0.25, 0.3) is 11.0 Å². The van der Waals surface area contributed by atoms with Crippen molar-refractivity contribution < 1.29 is 13.6 Å². The lowest BCUT2D eigenvalue weighted by Gasteiger charge is -2.09. The zero-order chi connectivity index (χ0) is 16.8. The third kappa shape index (κ3) is 4.25. The lowest BCUT2D eigenvalue weighted by molar-refractivity contribution is -0.121. The summed E-state index contributed by atoms with van der Waals surface area (Å²) in [5, 5.41) is 2.69. The van der Waals surface area contributed by atoms with Crippen molar-refractivity contribution in [3.05, 3.63) is 29.6 Å². The van der Waals surface area contributed by atoms with Gasteiger partial charge in [0.05, 0.1) is 11.0 Å². The molecule has 0 bridgehead atoms. The number of aromatic nitrogens is 2. The maximum Gasteiger partial charge on any atom is 0.221 e. The Balaban J connectivity index is 2.26. The van der Waals surface area contributed by atoms with Gasteiger partial charge in [-0.05, 0) is 6.42 Å². The first-order valence-electron chi connectivity index (χ1n) is 7.87. The number of imidazole rings is 1. The molecule has 2 aromatic rings. The molecular weight excluding hydrogens is 302 g/mol. The van der Waals surface area contributed by atoms with Crippen LogP contribution >= 0.6 is 0 Å². The van der Waals surface area contributed by atoms with Crippen molar-refractivity contribution in [3.8, 4) is 0 Å². The lowest BCUT2D eigenvalue weighted by Crippen LogP contribution is -2.29. The van der Waals surface area contributed by atoms with Crippen molar-refractivity contribution in [2.75, 3.05) is 13.1 Å². The standard InChI is InChI=1S/C16H22F2N4O/c1-2-3-4-15-21-13-9-11(17)12(18)10-14(13)22(15)8-5-16(23)20-7-6-19/h9-10H,2-8,19H2,1H3,(H,20,23). The highest BCUT2D eigenvalue weighted by Gasteiger charge is 2.15. The molecule has 0 saturated carbocycles. The number of fused-ring (bicyclic) bond motifs is 1. The normalized spacial score (nSPS) is 11.1. The molecule has 23 heavy (non-hydrogen) atoms. The summed E-state index contributed by atoms with van der Waals surface area (Å²) in [6.07, 6.45) is 2.86. The number of carbonyl (C=O) groups is 1. The van der Waals surface area contributed by atoms with Crippen LogP contribution in [0, 0.1) is 11.6 Å². The molecule has 0 aliphatic rings. The lowest BCUT2D eigenvalue weighted by atomic mass is 10.2. The Bertz CT molecular complexity index is 684. The highest BCUT2D eigenvalue weighted by Crippen LogP contribution is 2.21. The zero-order valence-electron chi connectivity index (χ0n) is 13.2. The molecule has 0 atom stereocenters. The number of halogens is 2. The number of carbonyl (C=O) groups excluding carboxylic acids is 1. The molecule has 0 unspecified atom stereocenters. The van der Waals surface area contributed by atoms with E-state index in [1.54, 1.807) is 4.57 Å². The molecule has 0 spiro atoms. The van der Waals surface area contributed by atoms with Gasteiger partial charge in [-0.3, -0.25) is 4.79 Å². The molecule has 1 heterocycles. The van der Waals surface area contributed by atoms with Crippen molar-refractivity contribution in [1.29, 1.82) is 0 Å². The fraction of sp³-hybridized carbons (Fsp3) is 0.500. The molecule has 0 aliphatic heterocycles. The predicted molar refractivity (Wildman–Crippen MR) is 84.9 cm³/mol. The molecule has 3 N–H and O–H groups in total. The van der Waals surface area contributed by atoms with Crippen molar-refractivity contribution in [2.24, 2.45) is 5.73 Å². The monoisotopic (exact) mass is 324 g/mol. The Hall–Kier alpha value is -2.02. The number of rotatable bonds is 8. The number of unbranched alkanes of at least 4 members (excludes halogenated alkanes) is 1. The van der Waals surface area contributed by atoms with Crippen molar-refractivity contribution in [3.63, 3.8) is 0 Å². The van der Waals surface area contributed by atoms with Crippen LogP contribution in [0.5, 0.6) is 0 Å². The summed E-state index contributed by atoms with van der Waals surface area (Å²) in [6.45, 7) is 3.24. The largest absolute Gasteiger partial charge is 0.355 e. The number of benzene rings is 1. The Morgan fingerprint density at radius 3 is 2.78 bits per heavy atom. The molecule has 1 aromatic heterocycles. The van der Waals surface area contributed by atoms with Crippen molar-refractivity contribution in [1.82, 2.24) is 14.9 Å². The van der Waals surface area contributed by atoms with E-state index in [-0.39, 0.29) is 12.3 Å². The van der Waals surface area contributed by atoms with Gasteiger partial charge in [0.2, 0.25) is 5.91 Å². The third-order valence-corrected chi connectivity index (χ3v) is 3.65. The number of hydrogen-bond donors (Lipinski definition) is 2.